The van der Waals surface area contributed by atoms with Crippen LogP contribution in [0.2, 0.25) is 0 Å². The van der Waals surface area contributed by atoms with Crippen LogP contribution in [0.1, 0.15) is 28.4 Å². The fourth-order valence-corrected chi connectivity index (χ4v) is 2.56. The third-order valence-corrected chi connectivity index (χ3v) is 3.73. The van der Waals surface area contributed by atoms with E-state index in [9.17, 15) is 22.4 Å². The van der Waals surface area contributed by atoms with Gasteiger partial charge in [0, 0.05) is 0 Å². The molecule has 0 aromatic heterocycles. The van der Waals surface area contributed by atoms with Gasteiger partial charge in [-0.05, 0) is 37.1 Å². The molecule has 134 valence electrons. The zero-order chi connectivity index (χ0) is 18.6. The van der Waals surface area contributed by atoms with Crippen LogP contribution >= 0.6 is 0 Å². The average molecular weight is 355 g/mol. The Kier molecular flexibility index (Phi) is 5.79. The van der Waals surface area contributed by atoms with E-state index in [2.05, 4.69) is 0 Å². The number of halogens is 4. The summed E-state index contributed by atoms with van der Waals surface area (Å²) in [6.07, 6.45) is -4.57. The van der Waals surface area contributed by atoms with E-state index < -0.39 is 35.1 Å². The first-order chi connectivity index (χ1) is 11.8. The topological polar surface area (TPSA) is 29.5 Å². The quantitative estimate of drug-likeness (QED) is 0.585. The highest BCUT2D eigenvalue weighted by molar-refractivity contribution is 5.95. The molecule has 7 heteroatoms. The first-order valence-corrected chi connectivity index (χ1v) is 7.53. The molecule has 0 N–H and O–H groups in total. The predicted molar refractivity (Wildman–Crippen MR) is 84.2 cm³/mol. The summed E-state index contributed by atoms with van der Waals surface area (Å²) in [5.41, 5.74) is -1.22. The lowest BCUT2D eigenvalue weighted by molar-refractivity contribution is -0.140. The van der Waals surface area contributed by atoms with Crippen molar-refractivity contribution in [2.24, 2.45) is 0 Å². The number of amides is 1. The summed E-state index contributed by atoms with van der Waals surface area (Å²) < 4.78 is 53.1. The molecule has 0 radical (unpaired) electrons. The van der Waals surface area contributed by atoms with E-state index in [0.717, 1.165) is 17.2 Å². The molecule has 0 fully saturated rings. The van der Waals surface area contributed by atoms with Crippen LogP contribution < -0.4 is 0 Å². The molecule has 25 heavy (non-hydrogen) atoms. The second kappa shape index (κ2) is 7.65. The molecule has 0 spiro atoms. The molecule has 1 atom stereocenters. The Hall–Kier alpha value is -2.41. The number of rotatable bonds is 5. The lowest BCUT2D eigenvalue weighted by Crippen LogP contribution is -2.40. The predicted octanol–water partition coefficient (Wildman–Crippen LogP) is 4.48. The molecule has 0 heterocycles. The summed E-state index contributed by atoms with van der Waals surface area (Å²) in [5.74, 6) is -1.38. The number of nitrogens with zero attached hydrogens (tertiary/aromatic N) is 1. The summed E-state index contributed by atoms with van der Waals surface area (Å²) in [5, 5.41) is 0.830. The van der Waals surface area contributed by atoms with Crippen molar-refractivity contribution in [1.82, 2.24) is 5.06 Å². The van der Waals surface area contributed by atoms with E-state index in [1.54, 1.807) is 19.1 Å². The first-order valence-electron chi connectivity index (χ1n) is 7.53. The van der Waals surface area contributed by atoms with Crippen molar-refractivity contribution in [3.63, 3.8) is 0 Å². The number of carbonyl (C=O) groups excluding carboxylic acids is 1. The van der Waals surface area contributed by atoms with E-state index in [1.807, 2.05) is 0 Å². The van der Waals surface area contributed by atoms with Gasteiger partial charge in [0.05, 0.1) is 24.3 Å². The number of carbonyl (C=O) groups is 1. The van der Waals surface area contributed by atoms with Gasteiger partial charge < -0.3 is 0 Å². The van der Waals surface area contributed by atoms with E-state index in [1.165, 1.54) is 31.4 Å². The highest BCUT2D eigenvalue weighted by Crippen LogP contribution is 2.32. The first kappa shape index (κ1) is 18.9. The lowest BCUT2D eigenvalue weighted by atomic mass is 10.0. The van der Waals surface area contributed by atoms with Crippen LogP contribution in [-0.2, 0) is 17.4 Å². The number of hydrogen-bond donors (Lipinski definition) is 0. The summed E-state index contributed by atoms with van der Waals surface area (Å²) in [6.45, 7) is 1.57. The number of hydrogen-bond acceptors (Lipinski definition) is 2. The Morgan fingerprint density at radius 2 is 1.72 bits per heavy atom. The number of benzene rings is 2. The Morgan fingerprint density at radius 3 is 2.32 bits per heavy atom. The minimum Gasteiger partial charge on any atom is -0.274 e. The minimum atomic E-state index is -4.67. The summed E-state index contributed by atoms with van der Waals surface area (Å²) >= 11 is 0. The van der Waals surface area contributed by atoms with E-state index in [0.29, 0.717) is 5.56 Å². The normalized spacial score (nSPS) is 12.7. The molecule has 0 aliphatic rings. The molecule has 0 aliphatic heterocycles. The molecule has 2 rings (SSSR count). The second-order valence-corrected chi connectivity index (χ2v) is 5.50. The summed E-state index contributed by atoms with van der Waals surface area (Å²) in [6, 6.07) is 9.81. The smallest absolute Gasteiger partial charge is 0.274 e. The standard InChI is InChI=1S/C18H17F4NO2/c1-12(11-13-7-3-6-10-16(13)19)23(25-2)17(24)14-8-4-5-9-15(14)18(20,21)22/h3-10,12H,11H2,1-2H3/t12-/m1/s1. The van der Waals surface area contributed by atoms with Crippen molar-refractivity contribution in [1.29, 1.82) is 0 Å². The molecule has 0 aliphatic carbocycles. The molecule has 1 amide bonds. The average Bonchev–Trinajstić information content (AvgIpc) is 2.56. The van der Waals surface area contributed by atoms with Gasteiger partial charge in [-0.2, -0.15) is 13.2 Å². The zero-order valence-corrected chi connectivity index (χ0v) is 13.7. The molecule has 0 bridgehead atoms. The Morgan fingerprint density at radius 1 is 1.12 bits per heavy atom. The Labute approximate surface area is 142 Å². The van der Waals surface area contributed by atoms with Crippen LogP contribution in [0.4, 0.5) is 17.6 Å². The van der Waals surface area contributed by atoms with Crippen LogP contribution in [0.25, 0.3) is 0 Å². The third-order valence-electron chi connectivity index (χ3n) is 3.73. The fourth-order valence-electron chi connectivity index (χ4n) is 2.56. The van der Waals surface area contributed by atoms with Crippen LogP contribution in [0.3, 0.4) is 0 Å². The van der Waals surface area contributed by atoms with Crippen LogP contribution in [0.15, 0.2) is 48.5 Å². The largest absolute Gasteiger partial charge is 0.417 e. The van der Waals surface area contributed by atoms with Crippen LogP contribution in [0, 0.1) is 5.82 Å². The monoisotopic (exact) mass is 355 g/mol. The molecule has 3 nitrogen and oxygen atoms in total. The van der Waals surface area contributed by atoms with Crippen molar-refractivity contribution in [2.75, 3.05) is 7.11 Å². The SMILES string of the molecule is CON(C(=O)c1ccccc1C(F)(F)F)[C@H](C)Cc1ccccc1F. The Bertz CT molecular complexity index is 746. The maximum Gasteiger partial charge on any atom is 0.417 e. The van der Waals surface area contributed by atoms with Gasteiger partial charge in [0.2, 0.25) is 0 Å². The van der Waals surface area contributed by atoms with Gasteiger partial charge in [-0.3, -0.25) is 9.63 Å². The third kappa shape index (κ3) is 4.36. The van der Waals surface area contributed by atoms with E-state index in [-0.39, 0.29) is 6.42 Å². The maximum atomic E-state index is 13.8. The van der Waals surface area contributed by atoms with E-state index >= 15 is 0 Å². The van der Waals surface area contributed by atoms with Gasteiger partial charge in [-0.25, -0.2) is 9.45 Å². The van der Waals surface area contributed by atoms with E-state index in [4.69, 9.17) is 4.84 Å². The van der Waals surface area contributed by atoms with Crippen molar-refractivity contribution in [3.8, 4) is 0 Å². The van der Waals surface area contributed by atoms with Gasteiger partial charge in [-0.15, -0.1) is 0 Å². The number of alkyl halides is 3. The second-order valence-electron chi connectivity index (χ2n) is 5.50. The van der Waals surface area contributed by atoms with Gasteiger partial charge >= 0.3 is 6.18 Å². The lowest BCUT2D eigenvalue weighted by Gasteiger charge is -2.27. The van der Waals surface area contributed by atoms with Gasteiger partial charge in [0.25, 0.3) is 5.91 Å². The molecule has 0 saturated heterocycles. The van der Waals surface area contributed by atoms with Crippen molar-refractivity contribution < 1.29 is 27.2 Å². The zero-order valence-electron chi connectivity index (χ0n) is 13.7. The van der Waals surface area contributed by atoms with Crippen molar-refractivity contribution in [2.45, 2.75) is 25.6 Å². The molecule has 0 unspecified atom stereocenters. The Balaban J connectivity index is 2.29. The highest BCUT2D eigenvalue weighted by atomic mass is 19.4. The van der Waals surface area contributed by atoms with Gasteiger partial charge in [-0.1, -0.05) is 30.3 Å². The van der Waals surface area contributed by atoms with Crippen molar-refractivity contribution >= 4 is 5.91 Å². The molecular formula is C18H17F4NO2. The maximum absolute atomic E-state index is 13.8. The molecule has 2 aromatic carbocycles. The van der Waals surface area contributed by atoms with Gasteiger partial charge in [0.1, 0.15) is 5.82 Å². The molecular weight excluding hydrogens is 338 g/mol. The highest BCUT2D eigenvalue weighted by Gasteiger charge is 2.36. The molecule has 2 aromatic rings. The fraction of sp³-hybridized carbons (Fsp3) is 0.278. The van der Waals surface area contributed by atoms with Crippen LogP contribution in [-0.4, -0.2) is 24.1 Å². The summed E-state index contributed by atoms with van der Waals surface area (Å²) in [4.78, 5) is 17.6. The van der Waals surface area contributed by atoms with Gasteiger partial charge in [0.15, 0.2) is 0 Å². The minimum absolute atomic E-state index is 0.0977. The van der Waals surface area contributed by atoms with Crippen LogP contribution in [0.5, 0.6) is 0 Å². The van der Waals surface area contributed by atoms with Crippen molar-refractivity contribution in [3.05, 3.63) is 71.0 Å². The molecule has 0 saturated carbocycles. The number of hydroxylamine groups is 2. The summed E-state index contributed by atoms with van der Waals surface area (Å²) in [7, 11) is 1.19.